The van der Waals surface area contributed by atoms with Gasteiger partial charge in [-0.1, -0.05) is 6.92 Å². The lowest BCUT2D eigenvalue weighted by atomic mass is 10.1. The fourth-order valence-corrected chi connectivity index (χ4v) is 3.16. The first-order valence-electron chi connectivity index (χ1n) is 9.35. The van der Waals surface area contributed by atoms with Crippen LogP contribution in [0.15, 0.2) is 24.5 Å². The summed E-state index contributed by atoms with van der Waals surface area (Å²) in [6.45, 7) is 1.78. The summed E-state index contributed by atoms with van der Waals surface area (Å²) in [5, 5.41) is 2.58. The summed E-state index contributed by atoms with van der Waals surface area (Å²) in [7, 11) is 1.74. The number of aromatic nitrogens is 3. The predicted octanol–water partition coefficient (Wildman–Crippen LogP) is 2.86. The zero-order valence-corrected chi connectivity index (χ0v) is 16.3. The number of alkyl halides is 1. The molecule has 3 N–H and O–H groups in total. The van der Waals surface area contributed by atoms with Gasteiger partial charge in [0.15, 0.2) is 17.4 Å². The number of pyridine rings is 1. The lowest BCUT2D eigenvalue weighted by Crippen LogP contribution is -2.16. The number of nitrogens with two attached hydrogens (primary N) is 1. The van der Waals surface area contributed by atoms with Crippen LogP contribution in [0.3, 0.4) is 0 Å². The number of hydrogen-bond donors (Lipinski definition) is 2. The zero-order valence-electron chi connectivity index (χ0n) is 16.3. The molecular weight excluding hydrogens is 396 g/mol. The Bertz CT molecular complexity index is 1180. The SMILES string of the molecule is CCc1cc(C(N)=O)cc(F)c1Oc1cc2c(ncn2C)c(NC(=O)[C@H]2C[C@H]2F)n1. The van der Waals surface area contributed by atoms with Crippen LogP contribution in [0.2, 0.25) is 0 Å². The Hall–Kier alpha value is -3.56. The molecule has 0 aliphatic heterocycles. The third kappa shape index (κ3) is 3.56. The first-order valence-corrected chi connectivity index (χ1v) is 9.35. The third-order valence-electron chi connectivity index (χ3n) is 4.97. The van der Waals surface area contributed by atoms with Gasteiger partial charge in [-0.05, 0) is 30.5 Å². The molecule has 156 valence electrons. The van der Waals surface area contributed by atoms with E-state index in [0.717, 1.165) is 6.07 Å². The molecular formula is C20H19F2N5O3. The van der Waals surface area contributed by atoms with Crippen molar-refractivity contribution < 1.29 is 23.1 Å². The van der Waals surface area contributed by atoms with E-state index in [0.29, 0.717) is 23.0 Å². The second kappa shape index (κ2) is 7.36. The summed E-state index contributed by atoms with van der Waals surface area (Å²) >= 11 is 0. The number of carbonyl (C=O) groups excluding carboxylic acids is 2. The molecule has 1 aliphatic rings. The average Bonchev–Trinajstić information content (AvgIpc) is 3.33. The maximum Gasteiger partial charge on any atom is 0.248 e. The monoisotopic (exact) mass is 415 g/mol. The summed E-state index contributed by atoms with van der Waals surface area (Å²) in [6, 6.07) is 4.01. The molecule has 8 nitrogen and oxygen atoms in total. The van der Waals surface area contributed by atoms with Crippen molar-refractivity contribution in [3.8, 4) is 11.6 Å². The van der Waals surface area contributed by atoms with Crippen LogP contribution >= 0.6 is 0 Å². The largest absolute Gasteiger partial charge is 0.436 e. The fourth-order valence-electron chi connectivity index (χ4n) is 3.16. The van der Waals surface area contributed by atoms with Crippen LogP contribution in [0, 0.1) is 11.7 Å². The summed E-state index contributed by atoms with van der Waals surface area (Å²) in [5.41, 5.74) is 6.68. The van der Waals surface area contributed by atoms with Gasteiger partial charge in [0.05, 0.1) is 17.8 Å². The molecule has 1 aliphatic carbocycles. The molecule has 10 heteroatoms. The van der Waals surface area contributed by atoms with E-state index in [1.807, 2.05) is 0 Å². The molecule has 0 unspecified atom stereocenters. The van der Waals surface area contributed by atoms with Gasteiger partial charge in [0.25, 0.3) is 0 Å². The van der Waals surface area contributed by atoms with Crippen LogP contribution in [0.4, 0.5) is 14.6 Å². The number of nitrogens with one attached hydrogen (secondary N) is 1. The van der Waals surface area contributed by atoms with Gasteiger partial charge in [0.1, 0.15) is 11.7 Å². The topological polar surface area (TPSA) is 112 Å². The molecule has 3 aromatic rings. The first kappa shape index (κ1) is 19.7. The number of fused-ring (bicyclic) bond motifs is 1. The number of anilines is 1. The van der Waals surface area contributed by atoms with Crippen molar-refractivity contribution >= 4 is 28.7 Å². The van der Waals surface area contributed by atoms with Gasteiger partial charge >= 0.3 is 0 Å². The molecule has 0 spiro atoms. The maximum absolute atomic E-state index is 14.7. The van der Waals surface area contributed by atoms with Crippen LogP contribution in [0.1, 0.15) is 29.3 Å². The second-order valence-corrected chi connectivity index (χ2v) is 7.15. The van der Waals surface area contributed by atoms with Gasteiger partial charge in [-0.2, -0.15) is 4.98 Å². The number of amides is 2. The van der Waals surface area contributed by atoms with Gasteiger partial charge in [-0.15, -0.1) is 0 Å². The van der Waals surface area contributed by atoms with E-state index < -0.39 is 29.7 Å². The van der Waals surface area contributed by atoms with E-state index in [2.05, 4.69) is 15.3 Å². The Labute approximate surface area is 170 Å². The minimum absolute atomic E-state index is 0.00872. The van der Waals surface area contributed by atoms with E-state index in [-0.39, 0.29) is 29.4 Å². The third-order valence-corrected chi connectivity index (χ3v) is 4.97. The number of halogens is 2. The molecule has 30 heavy (non-hydrogen) atoms. The summed E-state index contributed by atoms with van der Waals surface area (Å²) in [6.07, 6.45) is 0.920. The second-order valence-electron chi connectivity index (χ2n) is 7.15. The van der Waals surface area contributed by atoms with E-state index in [1.54, 1.807) is 24.6 Å². The van der Waals surface area contributed by atoms with Gasteiger partial charge in [0.2, 0.25) is 17.7 Å². The number of nitrogens with zero attached hydrogens (tertiary/aromatic N) is 3. The van der Waals surface area contributed by atoms with Crippen molar-refractivity contribution in [1.29, 1.82) is 0 Å². The van der Waals surface area contributed by atoms with Crippen LogP contribution in [0.5, 0.6) is 11.6 Å². The minimum Gasteiger partial charge on any atom is -0.436 e. The fraction of sp³-hybridized carbons (Fsp3) is 0.300. The average molecular weight is 415 g/mol. The van der Waals surface area contributed by atoms with Crippen molar-refractivity contribution in [3.05, 3.63) is 41.5 Å². The quantitative estimate of drug-likeness (QED) is 0.643. The molecule has 0 saturated heterocycles. The molecule has 2 heterocycles. The van der Waals surface area contributed by atoms with Crippen LogP contribution in [0.25, 0.3) is 11.0 Å². The number of aryl methyl sites for hydroxylation is 2. The molecule has 2 atom stereocenters. The lowest BCUT2D eigenvalue weighted by Gasteiger charge is -2.13. The normalized spacial score (nSPS) is 17.7. The lowest BCUT2D eigenvalue weighted by molar-refractivity contribution is -0.117. The molecule has 1 fully saturated rings. The van der Waals surface area contributed by atoms with Gasteiger partial charge in [0, 0.05) is 18.7 Å². The smallest absolute Gasteiger partial charge is 0.248 e. The van der Waals surface area contributed by atoms with Crippen LogP contribution in [-0.4, -0.2) is 32.5 Å². The molecule has 0 radical (unpaired) electrons. The number of rotatable bonds is 6. The van der Waals surface area contributed by atoms with Gasteiger partial charge in [-0.25, -0.2) is 13.8 Å². The standard InChI is InChI=1S/C20H19F2N5O3/c1-3-9-4-10(18(23)28)5-13(22)17(9)30-15-7-14-16(24-8-27(14)2)19(25-15)26-20(29)11-6-12(11)21/h4-5,7-8,11-12H,3,6H2,1-2H3,(H2,23,28)(H,25,26,29)/t11-,12+/m0/s1. The number of benzene rings is 1. The first-order chi connectivity index (χ1) is 14.3. The number of carbonyl (C=O) groups is 2. The van der Waals surface area contributed by atoms with E-state index in [1.165, 1.54) is 12.4 Å². The molecule has 1 saturated carbocycles. The van der Waals surface area contributed by atoms with Gasteiger partial charge < -0.3 is 20.4 Å². The van der Waals surface area contributed by atoms with Crippen molar-refractivity contribution in [2.24, 2.45) is 18.7 Å². The van der Waals surface area contributed by atoms with Crippen molar-refractivity contribution in [2.45, 2.75) is 25.9 Å². The Morgan fingerprint density at radius 3 is 2.73 bits per heavy atom. The minimum atomic E-state index is -1.16. The Balaban J connectivity index is 1.74. The number of hydrogen-bond acceptors (Lipinski definition) is 5. The van der Waals surface area contributed by atoms with Gasteiger partial charge in [-0.3, -0.25) is 9.59 Å². The number of ether oxygens (including phenoxy) is 1. The molecule has 2 aromatic heterocycles. The Kier molecular flexibility index (Phi) is 4.84. The zero-order chi connectivity index (χ0) is 21.6. The van der Waals surface area contributed by atoms with E-state index in [4.69, 9.17) is 10.5 Å². The molecule has 0 bridgehead atoms. The highest BCUT2D eigenvalue weighted by atomic mass is 19.1. The number of imidazole rings is 1. The highest BCUT2D eigenvalue weighted by Crippen LogP contribution is 2.36. The van der Waals surface area contributed by atoms with Crippen molar-refractivity contribution in [2.75, 3.05) is 5.32 Å². The Morgan fingerprint density at radius 2 is 2.10 bits per heavy atom. The highest BCUT2D eigenvalue weighted by molar-refractivity contribution is 6.00. The van der Waals surface area contributed by atoms with E-state index >= 15 is 0 Å². The van der Waals surface area contributed by atoms with Crippen molar-refractivity contribution in [1.82, 2.24) is 14.5 Å². The summed E-state index contributed by atoms with van der Waals surface area (Å²) in [4.78, 5) is 32.1. The highest BCUT2D eigenvalue weighted by Gasteiger charge is 2.44. The van der Waals surface area contributed by atoms with E-state index in [9.17, 15) is 18.4 Å². The molecule has 4 rings (SSSR count). The predicted molar refractivity (Wildman–Crippen MR) is 105 cm³/mol. The molecule has 1 aromatic carbocycles. The Morgan fingerprint density at radius 1 is 1.37 bits per heavy atom. The molecule has 2 amide bonds. The summed E-state index contributed by atoms with van der Waals surface area (Å²) in [5.74, 6) is -2.71. The van der Waals surface area contributed by atoms with Crippen LogP contribution in [-0.2, 0) is 18.3 Å². The maximum atomic E-state index is 14.7. The number of primary amides is 1. The van der Waals surface area contributed by atoms with Crippen LogP contribution < -0.4 is 15.8 Å². The summed E-state index contributed by atoms with van der Waals surface area (Å²) < 4.78 is 35.3. The van der Waals surface area contributed by atoms with Crippen molar-refractivity contribution in [3.63, 3.8) is 0 Å².